The zero-order valence-corrected chi connectivity index (χ0v) is 18.4. The van der Waals surface area contributed by atoms with Crippen LogP contribution >= 0.6 is 0 Å². The molecule has 0 spiro atoms. The van der Waals surface area contributed by atoms with Crippen molar-refractivity contribution in [1.29, 1.82) is 0 Å². The SMILES string of the molecule is O=C(CCCCCCC(=O)C(c1ccccc1)c1ccccc1)NOCc1ccccc1. The van der Waals surface area contributed by atoms with Crippen molar-refractivity contribution in [3.05, 3.63) is 108 Å². The Bertz CT molecular complexity index is 903. The average molecular weight is 430 g/mol. The number of benzene rings is 3. The highest BCUT2D eigenvalue weighted by atomic mass is 16.6. The molecule has 0 saturated carbocycles. The first-order valence-corrected chi connectivity index (χ1v) is 11.3. The smallest absolute Gasteiger partial charge is 0.243 e. The van der Waals surface area contributed by atoms with E-state index in [-0.39, 0.29) is 17.6 Å². The summed E-state index contributed by atoms with van der Waals surface area (Å²) in [7, 11) is 0. The maximum absolute atomic E-state index is 13.0. The number of carbonyl (C=O) groups excluding carboxylic acids is 2. The Kier molecular flexibility index (Phi) is 9.69. The molecule has 166 valence electrons. The zero-order valence-electron chi connectivity index (χ0n) is 18.4. The van der Waals surface area contributed by atoms with E-state index in [4.69, 9.17) is 4.84 Å². The molecule has 32 heavy (non-hydrogen) atoms. The van der Waals surface area contributed by atoms with Crippen molar-refractivity contribution in [2.75, 3.05) is 0 Å². The summed E-state index contributed by atoms with van der Waals surface area (Å²) in [6.07, 6.45) is 4.44. The van der Waals surface area contributed by atoms with Crippen LogP contribution in [0.2, 0.25) is 0 Å². The first kappa shape index (κ1) is 23.4. The standard InChI is InChI=1S/C28H31NO3/c30-26(28(24-16-8-4-9-17-24)25-18-10-5-11-19-25)20-12-1-2-13-21-27(31)29-32-22-23-14-6-3-7-15-23/h3-11,14-19,28H,1-2,12-13,20-22H2,(H,29,31). The predicted octanol–water partition coefficient (Wildman–Crippen LogP) is 5.98. The minimum atomic E-state index is -0.218. The fourth-order valence-electron chi connectivity index (χ4n) is 3.76. The lowest BCUT2D eigenvalue weighted by molar-refractivity contribution is -0.134. The molecular formula is C28H31NO3. The van der Waals surface area contributed by atoms with Crippen molar-refractivity contribution < 1.29 is 14.4 Å². The fraction of sp³-hybridized carbons (Fsp3) is 0.286. The summed E-state index contributed by atoms with van der Waals surface area (Å²) in [5.41, 5.74) is 5.59. The minimum absolute atomic E-state index is 0.106. The van der Waals surface area contributed by atoms with E-state index in [2.05, 4.69) is 5.48 Å². The molecule has 0 aliphatic rings. The van der Waals surface area contributed by atoms with Crippen molar-refractivity contribution in [2.24, 2.45) is 0 Å². The van der Waals surface area contributed by atoms with Crippen LogP contribution < -0.4 is 5.48 Å². The number of hydrogen-bond donors (Lipinski definition) is 1. The van der Waals surface area contributed by atoms with Crippen molar-refractivity contribution in [2.45, 2.75) is 51.0 Å². The third kappa shape index (κ3) is 7.78. The number of nitrogens with one attached hydrogen (secondary N) is 1. The summed E-state index contributed by atoms with van der Waals surface area (Å²) < 4.78 is 0. The number of Topliss-reactive ketones (excluding diaryl/α,β-unsaturated/α-hetero) is 1. The molecule has 3 aromatic rings. The van der Waals surface area contributed by atoms with Crippen LogP contribution in [0.3, 0.4) is 0 Å². The molecule has 0 radical (unpaired) electrons. The van der Waals surface area contributed by atoms with Crippen LogP contribution in [0.1, 0.15) is 61.1 Å². The van der Waals surface area contributed by atoms with E-state index < -0.39 is 0 Å². The quantitative estimate of drug-likeness (QED) is 0.269. The van der Waals surface area contributed by atoms with Crippen LogP contribution in [0.15, 0.2) is 91.0 Å². The average Bonchev–Trinajstić information content (AvgIpc) is 2.83. The highest BCUT2D eigenvalue weighted by Crippen LogP contribution is 2.27. The van der Waals surface area contributed by atoms with Gasteiger partial charge < -0.3 is 0 Å². The number of hydrogen-bond acceptors (Lipinski definition) is 3. The summed E-state index contributed by atoms with van der Waals surface area (Å²) in [5, 5.41) is 0. The molecule has 0 unspecified atom stereocenters. The first-order valence-electron chi connectivity index (χ1n) is 11.3. The van der Waals surface area contributed by atoms with Gasteiger partial charge in [-0.15, -0.1) is 0 Å². The number of rotatable bonds is 13. The maximum Gasteiger partial charge on any atom is 0.243 e. The fourth-order valence-corrected chi connectivity index (χ4v) is 3.76. The van der Waals surface area contributed by atoms with Crippen LogP contribution in [0.25, 0.3) is 0 Å². The van der Waals surface area contributed by atoms with Crippen molar-refractivity contribution in [3.8, 4) is 0 Å². The molecule has 0 heterocycles. The number of carbonyl (C=O) groups is 2. The van der Waals surface area contributed by atoms with Gasteiger partial charge in [-0.1, -0.05) is 104 Å². The highest BCUT2D eigenvalue weighted by molar-refractivity contribution is 5.89. The van der Waals surface area contributed by atoms with Gasteiger partial charge in [-0.25, -0.2) is 5.48 Å². The maximum atomic E-state index is 13.0. The molecule has 4 nitrogen and oxygen atoms in total. The summed E-state index contributed by atoms with van der Waals surface area (Å²) >= 11 is 0. The van der Waals surface area contributed by atoms with Gasteiger partial charge in [-0.05, 0) is 29.5 Å². The lowest BCUT2D eigenvalue weighted by Gasteiger charge is -2.17. The van der Waals surface area contributed by atoms with Gasteiger partial charge in [0.2, 0.25) is 5.91 Å². The Morgan fingerprint density at radius 2 is 1.16 bits per heavy atom. The van der Waals surface area contributed by atoms with E-state index >= 15 is 0 Å². The van der Waals surface area contributed by atoms with Crippen LogP contribution in [-0.4, -0.2) is 11.7 Å². The topological polar surface area (TPSA) is 55.4 Å². The zero-order chi connectivity index (χ0) is 22.4. The van der Waals surface area contributed by atoms with E-state index in [0.29, 0.717) is 19.4 Å². The molecule has 3 aromatic carbocycles. The van der Waals surface area contributed by atoms with Crippen LogP contribution in [-0.2, 0) is 21.0 Å². The van der Waals surface area contributed by atoms with Crippen LogP contribution in [0.5, 0.6) is 0 Å². The second-order valence-electron chi connectivity index (χ2n) is 7.93. The largest absolute Gasteiger partial charge is 0.299 e. The molecule has 0 atom stereocenters. The molecule has 1 amide bonds. The third-order valence-corrected chi connectivity index (χ3v) is 5.43. The van der Waals surface area contributed by atoms with E-state index in [1.165, 1.54) is 0 Å². The second kappa shape index (κ2) is 13.2. The van der Waals surface area contributed by atoms with Crippen molar-refractivity contribution >= 4 is 11.7 Å². The van der Waals surface area contributed by atoms with Gasteiger partial charge >= 0.3 is 0 Å². The van der Waals surface area contributed by atoms with E-state index in [1.807, 2.05) is 91.0 Å². The van der Waals surface area contributed by atoms with Gasteiger partial charge in [-0.2, -0.15) is 0 Å². The highest BCUT2D eigenvalue weighted by Gasteiger charge is 2.21. The van der Waals surface area contributed by atoms with Gasteiger partial charge in [0, 0.05) is 12.8 Å². The molecule has 0 aromatic heterocycles. The minimum Gasteiger partial charge on any atom is -0.299 e. The number of unbranched alkanes of at least 4 members (excludes halogenated alkanes) is 3. The summed E-state index contributed by atoms with van der Waals surface area (Å²) in [6.45, 7) is 0.360. The Morgan fingerprint density at radius 1 is 0.656 bits per heavy atom. The summed E-state index contributed by atoms with van der Waals surface area (Å²) in [5.74, 6) is -0.0791. The number of amides is 1. The Morgan fingerprint density at radius 3 is 1.72 bits per heavy atom. The van der Waals surface area contributed by atoms with Gasteiger partial charge in [0.05, 0.1) is 12.5 Å². The van der Waals surface area contributed by atoms with E-state index in [9.17, 15) is 9.59 Å². The lowest BCUT2D eigenvalue weighted by Crippen LogP contribution is -2.23. The molecular weight excluding hydrogens is 398 g/mol. The second-order valence-corrected chi connectivity index (χ2v) is 7.93. The summed E-state index contributed by atoms with van der Waals surface area (Å²) in [6, 6.07) is 29.7. The van der Waals surface area contributed by atoms with Gasteiger partial charge in [0.15, 0.2) is 0 Å². The molecule has 0 aliphatic heterocycles. The van der Waals surface area contributed by atoms with Crippen LogP contribution in [0, 0.1) is 0 Å². The van der Waals surface area contributed by atoms with Crippen molar-refractivity contribution in [3.63, 3.8) is 0 Å². The van der Waals surface area contributed by atoms with Gasteiger partial charge in [-0.3, -0.25) is 14.4 Å². The molecule has 0 fully saturated rings. The Hall–Kier alpha value is -3.24. The predicted molar refractivity (Wildman–Crippen MR) is 127 cm³/mol. The monoisotopic (exact) mass is 429 g/mol. The van der Waals surface area contributed by atoms with Crippen molar-refractivity contribution in [1.82, 2.24) is 5.48 Å². The lowest BCUT2D eigenvalue weighted by atomic mass is 9.85. The first-order chi connectivity index (χ1) is 15.7. The molecule has 4 heteroatoms. The summed E-state index contributed by atoms with van der Waals surface area (Å²) in [4.78, 5) is 30.2. The molecule has 1 N–H and O–H groups in total. The van der Waals surface area contributed by atoms with Gasteiger partial charge in [0.1, 0.15) is 5.78 Å². The van der Waals surface area contributed by atoms with Gasteiger partial charge in [0.25, 0.3) is 0 Å². The Labute approximate surface area is 190 Å². The molecule has 0 aliphatic carbocycles. The molecule has 0 saturated heterocycles. The molecule has 3 rings (SSSR count). The van der Waals surface area contributed by atoms with E-state index in [0.717, 1.165) is 42.4 Å². The molecule has 0 bridgehead atoms. The Balaban J connectivity index is 1.34. The number of ketones is 1. The van der Waals surface area contributed by atoms with Crippen LogP contribution in [0.4, 0.5) is 0 Å². The normalized spacial score (nSPS) is 10.8. The van der Waals surface area contributed by atoms with E-state index in [1.54, 1.807) is 0 Å². The third-order valence-electron chi connectivity index (χ3n) is 5.43. The number of hydroxylamine groups is 1.